The Morgan fingerprint density at radius 3 is 1.28 bits per heavy atom. The topological polar surface area (TPSA) is 16.4 Å². The predicted molar refractivity (Wildman–Crippen MR) is 210 cm³/mol. The molecule has 0 unspecified atom stereocenters. The number of hydrogen-bond donors (Lipinski definition) is 0. The summed E-state index contributed by atoms with van der Waals surface area (Å²) < 4.78 is 43.4. The molecule has 0 atom stereocenters. The van der Waals surface area contributed by atoms with E-state index in [-0.39, 0.29) is 35.4 Å². The number of para-hydroxylation sites is 1. The molecule has 0 aliphatic carbocycles. The van der Waals surface area contributed by atoms with Gasteiger partial charge in [0, 0.05) is 27.8 Å². The molecule has 0 radical (unpaired) electrons. The fraction of sp³-hybridized carbons (Fsp3) is 0. The summed E-state index contributed by atoms with van der Waals surface area (Å²) in [6.45, 7) is 0. The highest BCUT2D eigenvalue weighted by atomic mass is 16.3. The Labute approximate surface area is 297 Å². The Bertz CT molecular complexity index is 2750. The van der Waals surface area contributed by atoms with Gasteiger partial charge in [0.2, 0.25) is 0 Å². The molecule has 1 aromatic heterocycles. The first-order valence-electron chi connectivity index (χ1n) is 18.7. The minimum absolute atomic E-state index is 0.123. The maximum atomic E-state index is 9.39. The van der Waals surface area contributed by atoms with Gasteiger partial charge in [-0.1, -0.05) is 146 Å². The SMILES string of the molecule is [2H]c1c([2H])c(N(c2ccc(-c3ccccc3)cc2)c2ccc(-c3ccc(-c4ccccc4)cc3)cc2)c([2H])c([2H])c1-c1ccc2c(c1)oc1ccccc12. The van der Waals surface area contributed by atoms with E-state index in [1.807, 2.05) is 132 Å². The van der Waals surface area contributed by atoms with E-state index < -0.39 is 0 Å². The van der Waals surface area contributed by atoms with Gasteiger partial charge in [-0.05, 0) is 99.1 Å². The zero-order chi connectivity index (χ0) is 36.8. The second-order valence-electron chi connectivity index (χ2n) is 12.3. The zero-order valence-corrected chi connectivity index (χ0v) is 27.1. The van der Waals surface area contributed by atoms with E-state index in [1.165, 1.54) is 0 Å². The average molecular weight is 644 g/mol. The highest BCUT2D eigenvalue weighted by Gasteiger charge is 2.15. The van der Waals surface area contributed by atoms with Crippen LogP contribution in [0, 0.1) is 0 Å². The summed E-state index contributed by atoms with van der Waals surface area (Å²) in [5.74, 6) is 0. The Hall–Kier alpha value is -6.64. The van der Waals surface area contributed by atoms with Gasteiger partial charge in [0.25, 0.3) is 0 Å². The molecule has 8 aromatic carbocycles. The monoisotopic (exact) mass is 643 g/mol. The summed E-state index contributed by atoms with van der Waals surface area (Å²) >= 11 is 0. The van der Waals surface area contributed by atoms with Crippen LogP contribution < -0.4 is 4.90 Å². The molecule has 9 rings (SSSR count). The first-order valence-corrected chi connectivity index (χ1v) is 16.7. The molecular formula is C48H33NO. The minimum atomic E-state index is -0.136. The molecule has 0 saturated carbocycles. The summed E-state index contributed by atoms with van der Waals surface area (Å²) in [5, 5.41) is 1.92. The van der Waals surface area contributed by atoms with Crippen molar-refractivity contribution in [1.29, 1.82) is 0 Å². The fourth-order valence-corrected chi connectivity index (χ4v) is 6.57. The second-order valence-corrected chi connectivity index (χ2v) is 12.3. The van der Waals surface area contributed by atoms with Gasteiger partial charge in [0.15, 0.2) is 0 Å². The van der Waals surface area contributed by atoms with Gasteiger partial charge in [-0.15, -0.1) is 0 Å². The third-order valence-electron chi connectivity index (χ3n) is 9.19. The van der Waals surface area contributed by atoms with Gasteiger partial charge in [0.1, 0.15) is 11.2 Å². The van der Waals surface area contributed by atoms with Crippen molar-refractivity contribution >= 4 is 39.0 Å². The Morgan fingerprint density at radius 1 is 0.320 bits per heavy atom. The minimum Gasteiger partial charge on any atom is -0.456 e. The van der Waals surface area contributed by atoms with Crippen LogP contribution in [0.5, 0.6) is 0 Å². The standard InChI is InChI=1S/C48H33NO/c1-3-9-34(10-4-1)36-15-17-37(18-16-36)39-21-28-43(29-22-39)49(42-26-19-38(20-27-42)35-11-5-2-6-12-35)44-30-23-40(24-31-44)41-25-32-46-45-13-7-8-14-47(45)50-48(46)33-41/h1-33H/i23D,24D,30D,31D. The van der Waals surface area contributed by atoms with E-state index in [0.717, 1.165) is 49.7 Å². The number of furan rings is 1. The lowest BCUT2D eigenvalue weighted by atomic mass is 10.00. The van der Waals surface area contributed by atoms with Crippen LogP contribution >= 0.6 is 0 Å². The van der Waals surface area contributed by atoms with Crippen LogP contribution in [0.4, 0.5) is 17.1 Å². The molecule has 50 heavy (non-hydrogen) atoms. The number of anilines is 3. The smallest absolute Gasteiger partial charge is 0.136 e. The van der Waals surface area contributed by atoms with Crippen LogP contribution in [0.15, 0.2) is 205 Å². The number of rotatable bonds is 7. The van der Waals surface area contributed by atoms with Crippen molar-refractivity contribution in [3.63, 3.8) is 0 Å². The van der Waals surface area contributed by atoms with E-state index in [2.05, 4.69) is 48.5 Å². The molecule has 2 heteroatoms. The molecule has 236 valence electrons. The van der Waals surface area contributed by atoms with Crippen LogP contribution in [-0.4, -0.2) is 0 Å². The summed E-state index contributed by atoms with van der Waals surface area (Å²) in [5.41, 5.74) is 10.3. The van der Waals surface area contributed by atoms with Crippen molar-refractivity contribution in [3.8, 4) is 44.5 Å². The van der Waals surface area contributed by atoms with E-state index >= 15 is 0 Å². The number of fused-ring (bicyclic) bond motifs is 3. The molecule has 0 fully saturated rings. The molecule has 0 spiro atoms. The maximum absolute atomic E-state index is 9.39. The number of benzene rings is 8. The van der Waals surface area contributed by atoms with Crippen LogP contribution in [0.25, 0.3) is 66.4 Å². The van der Waals surface area contributed by atoms with Crippen LogP contribution in [0.3, 0.4) is 0 Å². The molecule has 0 N–H and O–H groups in total. The molecule has 0 aliphatic rings. The van der Waals surface area contributed by atoms with Crippen LogP contribution in [0.1, 0.15) is 5.48 Å². The molecule has 0 saturated heterocycles. The summed E-state index contributed by atoms with van der Waals surface area (Å²) in [6.07, 6.45) is 0. The van der Waals surface area contributed by atoms with E-state index in [4.69, 9.17) is 4.42 Å². The first-order chi connectivity index (χ1) is 26.4. The van der Waals surface area contributed by atoms with Crippen molar-refractivity contribution in [2.24, 2.45) is 0 Å². The Balaban J connectivity index is 1.14. The number of hydrogen-bond acceptors (Lipinski definition) is 2. The summed E-state index contributed by atoms with van der Waals surface area (Å²) in [6, 6.07) is 57.7. The Kier molecular flexibility index (Phi) is 6.48. The van der Waals surface area contributed by atoms with E-state index in [9.17, 15) is 5.48 Å². The van der Waals surface area contributed by atoms with Crippen molar-refractivity contribution in [2.75, 3.05) is 4.90 Å². The van der Waals surface area contributed by atoms with E-state index in [0.29, 0.717) is 22.5 Å². The fourth-order valence-electron chi connectivity index (χ4n) is 6.57. The molecule has 0 amide bonds. The lowest BCUT2D eigenvalue weighted by Crippen LogP contribution is -2.09. The van der Waals surface area contributed by atoms with Crippen LogP contribution in [-0.2, 0) is 0 Å². The predicted octanol–water partition coefficient (Wildman–Crippen LogP) is 13.7. The van der Waals surface area contributed by atoms with E-state index in [1.54, 1.807) is 0 Å². The van der Waals surface area contributed by atoms with Gasteiger partial charge in [-0.2, -0.15) is 0 Å². The third kappa shape index (κ3) is 5.63. The largest absolute Gasteiger partial charge is 0.456 e. The van der Waals surface area contributed by atoms with Gasteiger partial charge in [-0.25, -0.2) is 0 Å². The molecule has 9 aromatic rings. The van der Waals surface area contributed by atoms with Crippen molar-refractivity contribution in [2.45, 2.75) is 0 Å². The van der Waals surface area contributed by atoms with Crippen molar-refractivity contribution < 1.29 is 9.90 Å². The van der Waals surface area contributed by atoms with Crippen molar-refractivity contribution in [1.82, 2.24) is 0 Å². The molecule has 0 bridgehead atoms. The highest BCUT2D eigenvalue weighted by molar-refractivity contribution is 6.05. The quantitative estimate of drug-likeness (QED) is 0.172. The summed E-state index contributed by atoms with van der Waals surface area (Å²) in [7, 11) is 0. The first kappa shape index (κ1) is 25.4. The van der Waals surface area contributed by atoms with Gasteiger partial charge < -0.3 is 9.32 Å². The lowest BCUT2D eigenvalue weighted by molar-refractivity contribution is 0.669. The highest BCUT2D eigenvalue weighted by Crippen LogP contribution is 2.39. The maximum Gasteiger partial charge on any atom is 0.136 e. The molecule has 2 nitrogen and oxygen atoms in total. The van der Waals surface area contributed by atoms with Crippen LogP contribution in [0.2, 0.25) is 0 Å². The Morgan fingerprint density at radius 2 is 0.740 bits per heavy atom. The van der Waals surface area contributed by atoms with Gasteiger partial charge >= 0.3 is 0 Å². The lowest BCUT2D eigenvalue weighted by Gasteiger charge is -2.26. The molecule has 0 aliphatic heterocycles. The van der Waals surface area contributed by atoms with Gasteiger partial charge in [0.05, 0.1) is 5.48 Å². The summed E-state index contributed by atoms with van der Waals surface area (Å²) in [4.78, 5) is 1.82. The third-order valence-corrected chi connectivity index (χ3v) is 9.19. The average Bonchev–Trinajstić information content (AvgIpc) is 3.61. The van der Waals surface area contributed by atoms with Crippen molar-refractivity contribution in [3.05, 3.63) is 200 Å². The molecular weight excluding hydrogens is 607 g/mol. The molecule has 1 heterocycles. The number of nitrogens with zero attached hydrogens (tertiary/aromatic N) is 1. The van der Waals surface area contributed by atoms with Gasteiger partial charge in [-0.3, -0.25) is 0 Å². The second kappa shape index (κ2) is 12.8. The normalized spacial score (nSPS) is 12.3. The zero-order valence-electron chi connectivity index (χ0n) is 31.1.